The van der Waals surface area contributed by atoms with Gasteiger partial charge in [-0.25, -0.2) is 4.79 Å². The SMILES string of the molecule is C=CC(=O)OCCOC1CSCCO1. The highest BCUT2D eigenvalue weighted by Gasteiger charge is 2.13. The zero-order valence-electron chi connectivity index (χ0n) is 7.94. The van der Waals surface area contributed by atoms with Crippen molar-refractivity contribution in [1.82, 2.24) is 0 Å². The summed E-state index contributed by atoms with van der Waals surface area (Å²) in [6, 6.07) is 0. The Kier molecular flexibility index (Phi) is 5.66. The summed E-state index contributed by atoms with van der Waals surface area (Å²) in [5.41, 5.74) is 0. The van der Waals surface area contributed by atoms with Crippen LogP contribution >= 0.6 is 11.8 Å². The molecular weight excluding hydrogens is 204 g/mol. The van der Waals surface area contributed by atoms with E-state index in [4.69, 9.17) is 14.2 Å². The van der Waals surface area contributed by atoms with Crippen molar-refractivity contribution in [3.8, 4) is 0 Å². The molecule has 14 heavy (non-hydrogen) atoms. The molecule has 0 aromatic heterocycles. The van der Waals surface area contributed by atoms with Crippen molar-refractivity contribution in [3.05, 3.63) is 12.7 Å². The van der Waals surface area contributed by atoms with Crippen LogP contribution in [0.25, 0.3) is 0 Å². The Hall–Kier alpha value is -0.520. The first-order chi connectivity index (χ1) is 6.83. The van der Waals surface area contributed by atoms with Crippen molar-refractivity contribution < 1.29 is 19.0 Å². The third-order valence-corrected chi connectivity index (χ3v) is 2.55. The number of carbonyl (C=O) groups excluding carboxylic acids is 1. The van der Waals surface area contributed by atoms with E-state index < -0.39 is 5.97 Å². The van der Waals surface area contributed by atoms with Crippen LogP contribution in [0.5, 0.6) is 0 Å². The highest BCUT2D eigenvalue weighted by molar-refractivity contribution is 7.99. The van der Waals surface area contributed by atoms with E-state index in [1.165, 1.54) is 0 Å². The average Bonchev–Trinajstić information content (AvgIpc) is 2.25. The van der Waals surface area contributed by atoms with Crippen LogP contribution in [0.4, 0.5) is 0 Å². The molecule has 1 aliphatic heterocycles. The molecule has 0 saturated carbocycles. The van der Waals surface area contributed by atoms with Crippen LogP contribution in [-0.4, -0.2) is 43.6 Å². The largest absolute Gasteiger partial charge is 0.460 e. The maximum absolute atomic E-state index is 10.6. The number of hydrogen-bond donors (Lipinski definition) is 0. The molecule has 0 N–H and O–H groups in total. The number of carbonyl (C=O) groups is 1. The van der Waals surface area contributed by atoms with Crippen molar-refractivity contribution in [1.29, 1.82) is 0 Å². The molecule has 1 unspecified atom stereocenters. The maximum atomic E-state index is 10.6. The molecular formula is C9H14O4S. The molecule has 1 heterocycles. The van der Waals surface area contributed by atoms with Crippen LogP contribution in [0.1, 0.15) is 0 Å². The molecule has 0 amide bonds. The van der Waals surface area contributed by atoms with E-state index in [1.54, 1.807) is 11.8 Å². The summed E-state index contributed by atoms with van der Waals surface area (Å²) < 4.78 is 15.4. The van der Waals surface area contributed by atoms with Crippen LogP contribution in [0.3, 0.4) is 0 Å². The third-order valence-electron chi connectivity index (χ3n) is 1.58. The molecule has 0 radical (unpaired) electrons. The zero-order valence-corrected chi connectivity index (χ0v) is 8.76. The summed E-state index contributed by atoms with van der Waals surface area (Å²) in [6.45, 7) is 4.62. The van der Waals surface area contributed by atoms with E-state index in [0.29, 0.717) is 6.61 Å². The van der Waals surface area contributed by atoms with Gasteiger partial charge in [-0.3, -0.25) is 0 Å². The molecule has 1 saturated heterocycles. The van der Waals surface area contributed by atoms with Gasteiger partial charge in [-0.2, -0.15) is 11.8 Å². The van der Waals surface area contributed by atoms with Crippen LogP contribution < -0.4 is 0 Å². The maximum Gasteiger partial charge on any atom is 0.330 e. The average molecular weight is 218 g/mol. The Morgan fingerprint density at radius 1 is 1.64 bits per heavy atom. The molecule has 80 valence electrons. The smallest absolute Gasteiger partial charge is 0.330 e. The fraction of sp³-hybridized carbons (Fsp3) is 0.667. The Labute approximate surface area is 87.6 Å². The quantitative estimate of drug-likeness (QED) is 0.388. The van der Waals surface area contributed by atoms with Crippen LogP contribution in [0, 0.1) is 0 Å². The van der Waals surface area contributed by atoms with Crippen LogP contribution in [0.2, 0.25) is 0 Å². The minimum Gasteiger partial charge on any atom is -0.460 e. The molecule has 4 nitrogen and oxygen atoms in total. The van der Waals surface area contributed by atoms with Gasteiger partial charge in [0.05, 0.1) is 13.2 Å². The second-order valence-electron chi connectivity index (χ2n) is 2.62. The molecule has 0 spiro atoms. The summed E-state index contributed by atoms with van der Waals surface area (Å²) in [5.74, 6) is 1.44. The topological polar surface area (TPSA) is 44.8 Å². The third kappa shape index (κ3) is 4.64. The van der Waals surface area contributed by atoms with Gasteiger partial charge in [0.2, 0.25) is 0 Å². The molecule has 1 aliphatic rings. The molecule has 0 aromatic carbocycles. The Morgan fingerprint density at radius 3 is 3.14 bits per heavy atom. The highest BCUT2D eigenvalue weighted by Crippen LogP contribution is 2.12. The van der Waals surface area contributed by atoms with E-state index in [0.717, 1.165) is 24.2 Å². The molecule has 0 bridgehead atoms. The lowest BCUT2D eigenvalue weighted by molar-refractivity contribution is -0.151. The van der Waals surface area contributed by atoms with Gasteiger partial charge in [-0.1, -0.05) is 6.58 Å². The fourth-order valence-corrected chi connectivity index (χ4v) is 1.71. The van der Waals surface area contributed by atoms with Gasteiger partial charge in [0.25, 0.3) is 0 Å². The summed E-state index contributed by atoms with van der Waals surface area (Å²) in [4.78, 5) is 10.6. The van der Waals surface area contributed by atoms with E-state index in [-0.39, 0.29) is 12.9 Å². The lowest BCUT2D eigenvalue weighted by atomic mass is 10.6. The number of ether oxygens (including phenoxy) is 3. The van der Waals surface area contributed by atoms with Gasteiger partial charge in [0.15, 0.2) is 6.29 Å². The number of esters is 1. The first-order valence-electron chi connectivity index (χ1n) is 4.43. The summed E-state index contributed by atoms with van der Waals surface area (Å²) in [6.07, 6.45) is 0.976. The van der Waals surface area contributed by atoms with Crippen LogP contribution in [0.15, 0.2) is 12.7 Å². The van der Waals surface area contributed by atoms with E-state index >= 15 is 0 Å². The standard InChI is InChI=1S/C9H14O4S/c1-2-8(10)11-3-4-12-9-7-14-6-5-13-9/h2,9H,1,3-7H2. The van der Waals surface area contributed by atoms with Crippen molar-refractivity contribution in [2.75, 3.05) is 31.3 Å². The van der Waals surface area contributed by atoms with Crippen molar-refractivity contribution >= 4 is 17.7 Å². The van der Waals surface area contributed by atoms with Gasteiger partial charge in [0.1, 0.15) is 6.61 Å². The van der Waals surface area contributed by atoms with Gasteiger partial charge in [-0.15, -0.1) is 0 Å². The van der Waals surface area contributed by atoms with E-state index in [1.807, 2.05) is 0 Å². The van der Waals surface area contributed by atoms with Gasteiger partial charge >= 0.3 is 5.97 Å². The second-order valence-corrected chi connectivity index (χ2v) is 3.77. The van der Waals surface area contributed by atoms with Gasteiger partial charge < -0.3 is 14.2 Å². The van der Waals surface area contributed by atoms with Crippen molar-refractivity contribution in [2.45, 2.75) is 6.29 Å². The molecule has 1 fully saturated rings. The molecule has 1 rings (SSSR count). The van der Waals surface area contributed by atoms with Gasteiger partial charge in [0, 0.05) is 17.6 Å². The summed E-state index contributed by atoms with van der Waals surface area (Å²) in [7, 11) is 0. The summed E-state index contributed by atoms with van der Waals surface area (Å²) >= 11 is 1.80. The van der Waals surface area contributed by atoms with E-state index in [2.05, 4.69) is 6.58 Å². The highest BCUT2D eigenvalue weighted by atomic mass is 32.2. The predicted octanol–water partition coefficient (Wildman–Crippen LogP) is 0.822. The van der Waals surface area contributed by atoms with Crippen molar-refractivity contribution in [3.63, 3.8) is 0 Å². The lowest BCUT2D eigenvalue weighted by Crippen LogP contribution is -2.27. The minimum absolute atomic E-state index is 0.156. The monoisotopic (exact) mass is 218 g/mol. The Bertz CT molecular complexity index is 189. The number of rotatable bonds is 5. The second kappa shape index (κ2) is 6.86. The first kappa shape index (κ1) is 11.6. The lowest BCUT2D eigenvalue weighted by Gasteiger charge is -2.22. The van der Waals surface area contributed by atoms with Crippen LogP contribution in [-0.2, 0) is 19.0 Å². The normalized spacial score (nSPS) is 21.6. The Balaban J connectivity index is 1.97. The first-order valence-corrected chi connectivity index (χ1v) is 5.58. The molecule has 0 aromatic rings. The fourth-order valence-electron chi connectivity index (χ4n) is 0.943. The zero-order chi connectivity index (χ0) is 10.2. The van der Waals surface area contributed by atoms with Crippen molar-refractivity contribution in [2.24, 2.45) is 0 Å². The number of thioether (sulfide) groups is 1. The number of hydrogen-bond acceptors (Lipinski definition) is 5. The van der Waals surface area contributed by atoms with E-state index in [9.17, 15) is 4.79 Å². The Morgan fingerprint density at radius 2 is 2.50 bits per heavy atom. The molecule has 5 heteroatoms. The minimum atomic E-state index is -0.424. The van der Waals surface area contributed by atoms with Gasteiger partial charge in [-0.05, 0) is 0 Å². The predicted molar refractivity (Wildman–Crippen MR) is 54.2 cm³/mol. The molecule has 0 aliphatic carbocycles. The molecule has 1 atom stereocenters. The summed E-state index contributed by atoms with van der Waals surface area (Å²) in [5, 5.41) is 0.